The van der Waals surface area contributed by atoms with Gasteiger partial charge in [-0.2, -0.15) is 0 Å². The average molecular weight is 434 g/mol. The first kappa shape index (κ1) is 22.7. The normalized spacial score (nSPS) is 10.4. The molecule has 0 aliphatic heterocycles. The molecular formula is C25H22O7. The molecule has 0 aliphatic carbocycles. The van der Waals surface area contributed by atoms with Gasteiger partial charge in [-0.1, -0.05) is 54.6 Å². The SMILES string of the molecule is O=C(OCOC(COC(=O)c1ccccc1)COC(=O)c1ccccc1)c1ccccc1. The van der Waals surface area contributed by atoms with Gasteiger partial charge >= 0.3 is 17.9 Å². The smallest absolute Gasteiger partial charge is 0.340 e. The minimum atomic E-state index is -0.834. The standard InChI is InChI=1S/C25H22O7/c26-23(19-10-4-1-5-11-19)29-16-22(17-30-24(27)20-12-6-2-7-13-20)31-18-32-25(28)21-14-8-3-9-15-21/h1-15,22H,16-18H2. The van der Waals surface area contributed by atoms with Gasteiger partial charge in [-0.25, -0.2) is 14.4 Å². The molecule has 3 aromatic rings. The van der Waals surface area contributed by atoms with Gasteiger partial charge in [-0.05, 0) is 36.4 Å². The zero-order valence-electron chi connectivity index (χ0n) is 17.2. The molecule has 0 saturated heterocycles. The van der Waals surface area contributed by atoms with E-state index < -0.39 is 30.8 Å². The van der Waals surface area contributed by atoms with Crippen molar-refractivity contribution in [1.29, 1.82) is 0 Å². The van der Waals surface area contributed by atoms with Crippen LogP contribution in [0.4, 0.5) is 0 Å². The van der Waals surface area contributed by atoms with Crippen molar-refractivity contribution in [3.05, 3.63) is 108 Å². The third kappa shape index (κ3) is 7.07. The highest BCUT2D eigenvalue weighted by molar-refractivity contribution is 5.90. The van der Waals surface area contributed by atoms with Gasteiger partial charge in [0.25, 0.3) is 0 Å². The van der Waals surface area contributed by atoms with Gasteiger partial charge in [0.15, 0.2) is 6.79 Å². The fraction of sp³-hybridized carbons (Fsp3) is 0.160. The lowest BCUT2D eigenvalue weighted by molar-refractivity contribution is -0.0995. The van der Waals surface area contributed by atoms with E-state index in [9.17, 15) is 14.4 Å². The summed E-state index contributed by atoms with van der Waals surface area (Å²) in [7, 11) is 0. The maximum Gasteiger partial charge on any atom is 0.340 e. The zero-order valence-corrected chi connectivity index (χ0v) is 17.2. The summed E-state index contributed by atoms with van der Waals surface area (Å²) >= 11 is 0. The first-order valence-electron chi connectivity index (χ1n) is 9.91. The van der Waals surface area contributed by atoms with Gasteiger partial charge in [0.1, 0.15) is 19.3 Å². The molecular weight excluding hydrogens is 412 g/mol. The molecule has 0 atom stereocenters. The summed E-state index contributed by atoms with van der Waals surface area (Å²) in [4.78, 5) is 36.5. The highest BCUT2D eigenvalue weighted by Gasteiger charge is 2.18. The number of carbonyl (C=O) groups excluding carboxylic acids is 3. The van der Waals surface area contributed by atoms with Gasteiger partial charge in [0, 0.05) is 0 Å². The van der Waals surface area contributed by atoms with E-state index in [0.717, 1.165) is 0 Å². The van der Waals surface area contributed by atoms with Crippen LogP contribution in [0.25, 0.3) is 0 Å². The molecule has 0 aromatic heterocycles. The quantitative estimate of drug-likeness (QED) is 0.272. The van der Waals surface area contributed by atoms with Crippen LogP contribution in [0.2, 0.25) is 0 Å². The Balaban J connectivity index is 1.54. The molecule has 32 heavy (non-hydrogen) atoms. The second-order valence-corrected chi connectivity index (χ2v) is 6.63. The average Bonchev–Trinajstić information content (AvgIpc) is 2.86. The highest BCUT2D eigenvalue weighted by Crippen LogP contribution is 2.07. The third-order valence-electron chi connectivity index (χ3n) is 4.32. The predicted molar refractivity (Wildman–Crippen MR) is 115 cm³/mol. The molecule has 0 heterocycles. The molecule has 0 unspecified atom stereocenters. The third-order valence-corrected chi connectivity index (χ3v) is 4.32. The lowest BCUT2D eigenvalue weighted by atomic mass is 10.2. The molecule has 0 amide bonds. The number of carbonyl (C=O) groups is 3. The summed E-state index contributed by atoms with van der Waals surface area (Å²) in [5.41, 5.74) is 1.13. The molecule has 7 nitrogen and oxygen atoms in total. The molecule has 0 fully saturated rings. The van der Waals surface area contributed by atoms with Crippen molar-refractivity contribution in [2.75, 3.05) is 20.0 Å². The van der Waals surface area contributed by atoms with Crippen LogP contribution >= 0.6 is 0 Å². The zero-order chi connectivity index (χ0) is 22.6. The van der Waals surface area contributed by atoms with E-state index in [4.69, 9.17) is 18.9 Å². The van der Waals surface area contributed by atoms with Crippen molar-refractivity contribution in [3.8, 4) is 0 Å². The minimum Gasteiger partial charge on any atom is -0.459 e. The fourth-order valence-electron chi connectivity index (χ4n) is 2.64. The Morgan fingerprint density at radius 2 is 0.875 bits per heavy atom. The Kier molecular flexibility index (Phi) is 8.53. The summed E-state index contributed by atoms with van der Waals surface area (Å²) in [6.45, 7) is -0.790. The van der Waals surface area contributed by atoms with Gasteiger partial charge < -0.3 is 18.9 Å². The Bertz CT molecular complexity index is 949. The first-order valence-corrected chi connectivity index (χ1v) is 9.91. The molecule has 0 spiro atoms. The first-order chi connectivity index (χ1) is 15.6. The van der Waals surface area contributed by atoms with Crippen LogP contribution in [-0.4, -0.2) is 44.0 Å². The van der Waals surface area contributed by atoms with E-state index in [0.29, 0.717) is 16.7 Å². The second kappa shape index (κ2) is 12.0. The summed E-state index contributed by atoms with van der Waals surface area (Å²) < 4.78 is 21.2. The van der Waals surface area contributed by atoms with E-state index in [1.54, 1.807) is 91.0 Å². The maximum atomic E-state index is 12.2. The molecule has 0 radical (unpaired) electrons. The molecule has 7 heteroatoms. The Morgan fingerprint density at radius 1 is 0.531 bits per heavy atom. The summed E-state index contributed by atoms with van der Waals surface area (Å²) in [5.74, 6) is -1.66. The van der Waals surface area contributed by atoms with Crippen LogP contribution in [0.1, 0.15) is 31.1 Å². The Hall–Kier alpha value is -3.97. The highest BCUT2D eigenvalue weighted by atomic mass is 16.7. The van der Waals surface area contributed by atoms with Crippen molar-refractivity contribution in [2.45, 2.75) is 6.10 Å². The summed E-state index contributed by atoms with van der Waals surface area (Å²) in [5, 5.41) is 0. The minimum absolute atomic E-state index is 0.196. The number of ether oxygens (including phenoxy) is 4. The lowest BCUT2D eigenvalue weighted by Gasteiger charge is -2.18. The monoisotopic (exact) mass is 434 g/mol. The Labute approximate surface area is 185 Å². The lowest BCUT2D eigenvalue weighted by Crippen LogP contribution is -2.30. The topological polar surface area (TPSA) is 88.1 Å². The number of rotatable bonds is 10. The summed E-state index contributed by atoms with van der Waals surface area (Å²) in [6, 6.07) is 25.4. The van der Waals surface area contributed by atoms with Crippen molar-refractivity contribution in [3.63, 3.8) is 0 Å². The van der Waals surface area contributed by atoms with Crippen LogP contribution in [0.15, 0.2) is 91.0 Å². The number of hydrogen-bond acceptors (Lipinski definition) is 7. The van der Waals surface area contributed by atoms with Crippen LogP contribution in [-0.2, 0) is 18.9 Å². The van der Waals surface area contributed by atoms with Crippen molar-refractivity contribution < 1.29 is 33.3 Å². The van der Waals surface area contributed by atoms with Crippen LogP contribution in [0.3, 0.4) is 0 Å². The van der Waals surface area contributed by atoms with E-state index in [1.165, 1.54) is 0 Å². The van der Waals surface area contributed by atoms with Crippen LogP contribution in [0, 0.1) is 0 Å². The van der Waals surface area contributed by atoms with Gasteiger partial charge in [0.05, 0.1) is 16.7 Å². The van der Waals surface area contributed by atoms with Crippen LogP contribution in [0.5, 0.6) is 0 Å². The molecule has 3 rings (SSSR count). The van der Waals surface area contributed by atoms with Gasteiger partial charge in [-0.15, -0.1) is 0 Å². The van der Waals surface area contributed by atoms with Crippen molar-refractivity contribution in [1.82, 2.24) is 0 Å². The molecule has 164 valence electrons. The molecule has 0 saturated carbocycles. The van der Waals surface area contributed by atoms with Crippen LogP contribution < -0.4 is 0 Å². The molecule has 0 bridgehead atoms. The van der Waals surface area contributed by atoms with E-state index in [2.05, 4.69) is 0 Å². The van der Waals surface area contributed by atoms with E-state index >= 15 is 0 Å². The number of benzene rings is 3. The molecule has 0 N–H and O–H groups in total. The van der Waals surface area contributed by atoms with Crippen molar-refractivity contribution in [2.24, 2.45) is 0 Å². The Morgan fingerprint density at radius 3 is 1.25 bits per heavy atom. The van der Waals surface area contributed by atoms with Gasteiger partial charge in [0.2, 0.25) is 0 Å². The molecule has 3 aromatic carbocycles. The maximum absolute atomic E-state index is 12.2. The molecule has 0 aliphatic rings. The summed E-state index contributed by atoms with van der Waals surface area (Å²) in [6.07, 6.45) is -0.834. The second-order valence-electron chi connectivity index (χ2n) is 6.63. The van der Waals surface area contributed by atoms with Gasteiger partial charge in [-0.3, -0.25) is 0 Å². The number of hydrogen-bond donors (Lipinski definition) is 0. The largest absolute Gasteiger partial charge is 0.459 e. The number of esters is 3. The fourth-order valence-corrected chi connectivity index (χ4v) is 2.64. The van der Waals surface area contributed by atoms with Crippen molar-refractivity contribution >= 4 is 17.9 Å². The predicted octanol–water partition coefficient (Wildman–Crippen LogP) is 3.90. The van der Waals surface area contributed by atoms with E-state index in [-0.39, 0.29) is 13.2 Å². The van der Waals surface area contributed by atoms with E-state index in [1.807, 2.05) is 0 Å².